The van der Waals surface area contributed by atoms with Gasteiger partial charge in [-0.1, -0.05) is 0 Å². The maximum absolute atomic E-state index is 10.9. The quantitative estimate of drug-likeness (QED) is 0.891. The molecular weight excluding hydrogens is 298 g/mol. The lowest BCUT2D eigenvalue weighted by molar-refractivity contribution is 0.0870. The summed E-state index contributed by atoms with van der Waals surface area (Å²) in [5.74, 6) is 1.11. The van der Waals surface area contributed by atoms with Gasteiger partial charge in [0.1, 0.15) is 18.2 Å². The molecule has 8 nitrogen and oxygen atoms in total. The van der Waals surface area contributed by atoms with E-state index in [0.717, 1.165) is 5.69 Å². The fourth-order valence-electron chi connectivity index (χ4n) is 2.39. The summed E-state index contributed by atoms with van der Waals surface area (Å²) in [4.78, 5) is 24.5. The van der Waals surface area contributed by atoms with E-state index in [9.17, 15) is 4.79 Å². The van der Waals surface area contributed by atoms with Crippen molar-refractivity contribution in [3.8, 4) is 5.88 Å². The van der Waals surface area contributed by atoms with Gasteiger partial charge in [0.05, 0.1) is 0 Å². The number of ether oxygens (including phenoxy) is 1. The first-order chi connectivity index (χ1) is 11.2. The number of likely N-dealkylation sites (tertiary alicyclic amines) is 1. The Hall–Kier alpha value is -2.90. The highest BCUT2D eigenvalue weighted by molar-refractivity contribution is 5.65. The summed E-state index contributed by atoms with van der Waals surface area (Å²) in [6.45, 7) is 0.959. The van der Waals surface area contributed by atoms with Gasteiger partial charge in [-0.3, -0.25) is 4.98 Å². The van der Waals surface area contributed by atoms with E-state index in [1.165, 1.54) is 11.2 Å². The zero-order chi connectivity index (χ0) is 16.1. The number of aromatic nitrogens is 3. The number of pyridine rings is 1. The Labute approximate surface area is 133 Å². The monoisotopic (exact) mass is 315 g/mol. The fraction of sp³-hybridized carbons (Fsp3) is 0.333. The lowest BCUT2D eigenvalue weighted by Gasteiger charge is -2.29. The average molecular weight is 315 g/mol. The summed E-state index contributed by atoms with van der Waals surface area (Å²) in [6, 6.07) is 5.40. The summed E-state index contributed by atoms with van der Waals surface area (Å²) in [5, 5.41) is 12.1. The molecule has 3 heterocycles. The SMILES string of the molecule is O=C(O)N1CCC(Oc2cc(Nc3ccncc3)ncn2)CC1. The second-order valence-corrected chi connectivity index (χ2v) is 5.19. The van der Waals surface area contributed by atoms with Gasteiger partial charge in [-0.05, 0) is 12.1 Å². The van der Waals surface area contributed by atoms with Gasteiger partial charge in [-0.25, -0.2) is 14.8 Å². The van der Waals surface area contributed by atoms with Crippen molar-refractivity contribution in [2.75, 3.05) is 18.4 Å². The van der Waals surface area contributed by atoms with Crippen LogP contribution in [-0.4, -0.2) is 50.2 Å². The van der Waals surface area contributed by atoms with Gasteiger partial charge < -0.3 is 20.1 Å². The van der Waals surface area contributed by atoms with E-state index in [1.807, 2.05) is 12.1 Å². The molecule has 0 radical (unpaired) electrons. The molecule has 2 aromatic heterocycles. The van der Waals surface area contributed by atoms with Crippen molar-refractivity contribution in [3.63, 3.8) is 0 Å². The van der Waals surface area contributed by atoms with Crippen LogP contribution in [0.1, 0.15) is 12.8 Å². The molecule has 0 aromatic carbocycles. The standard InChI is InChI=1S/C15H17N5O3/c21-15(22)20-7-3-12(4-8-20)23-14-9-13(17-10-18-14)19-11-1-5-16-6-2-11/h1-2,5-6,9-10,12H,3-4,7-8H2,(H,21,22)(H,16,17,18,19). The number of hydrogen-bond donors (Lipinski definition) is 2. The second kappa shape index (κ2) is 6.91. The molecule has 1 amide bonds. The Kier molecular flexibility index (Phi) is 4.51. The number of piperidine rings is 1. The van der Waals surface area contributed by atoms with Gasteiger partial charge in [0.2, 0.25) is 5.88 Å². The predicted octanol–water partition coefficient (Wildman–Crippen LogP) is 2.14. The molecule has 0 aliphatic carbocycles. The number of nitrogens with one attached hydrogen (secondary N) is 1. The molecule has 23 heavy (non-hydrogen) atoms. The van der Waals surface area contributed by atoms with Crippen molar-refractivity contribution in [2.24, 2.45) is 0 Å². The van der Waals surface area contributed by atoms with Crippen LogP contribution in [0.3, 0.4) is 0 Å². The van der Waals surface area contributed by atoms with Crippen LogP contribution in [0.4, 0.5) is 16.3 Å². The van der Waals surface area contributed by atoms with Crippen LogP contribution in [0, 0.1) is 0 Å². The normalized spacial score (nSPS) is 15.2. The van der Waals surface area contributed by atoms with Gasteiger partial charge in [0.25, 0.3) is 0 Å². The minimum Gasteiger partial charge on any atom is -0.474 e. The van der Waals surface area contributed by atoms with Crippen LogP contribution in [-0.2, 0) is 0 Å². The molecule has 1 aliphatic rings. The smallest absolute Gasteiger partial charge is 0.407 e. The third-order valence-electron chi connectivity index (χ3n) is 3.59. The van der Waals surface area contributed by atoms with Gasteiger partial charge in [-0.15, -0.1) is 0 Å². The van der Waals surface area contributed by atoms with Crippen LogP contribution >= 0.6 is 0 Å². The molecule has 2 N–H and O–H groups in total. The van der Waals surface area contributed by atoms with E-state index < -0.39 is 6.09 Å². The van der Waals surface area contributed by atoms with Gasteiger partial charge in [0.15, 0.2) is 0 Å². The highest BCUT2D eigenvalue weighted by atomic mass is 16.5. The van der Waals surface area contributed by atoms with E-state index in [4.69, 9.17) is 9.84 Å². The third kappa shape index (κ3) is 4.06. The zero-order valence-electron chi connectivity index (χ0n) is 12.4. The van der Waals surface area contributed by atoms with Crippen LogP contribution < -0.4 is 10.1 Å². The Morgan fingerprint density at radius 3 is 2.70 bits per heavy atom. The van der Waals surface area contributed by atoms with Crippen molar-refractivity contribution in [1.82, 2.24) is 19.9 Å². The number of amides is 1. The van der Waals surface area contributed by atoms with E-state index in [-0.39, 0.29) is 6.10 Å². The molecule has 0 atom stereocenters. The molecule has 8 heteroatoms. The molecule has 120 valence electrons. The summed E-state index contributed by atoms with van der Waals surface area (Å²) in [5.41, 5.74) is 0.874. The number of carboxylic acid groups (broad SMARTS) is 1. The molecule has 0 unspecified atom stereocenters. The molecule has 2 aromatic rings. The average Bonchev–Trinajstić information content (AvgIpc) is 2.57. The van der Waals surface area contributed by atoms with E-state index in [2.05, 4.69) is 20.3 Å². The molecule has 0 saturated carbocycles. The maximum atomic E-state index is 10.9. The molecule has 1 saturated heterocycles. The maximum Gasteiger partial charge on any atom is 0.407 e. The fourth-order valence-corrected chi connectivity index (χ4v) is 2.39. The van der Waals surface area contributed by atoms with Gasteiger partial charge in [-0.2, -0.15) is 0 Å². The number of rotatable bonds is 4. The first-order valence-electron chi connectivity index (χ1n) is 7.34. The van der Waals surface area contributed by atoms with Crippen molar-refractivity contribution >= 4 is 17.6 Å². The number of anilines is 2. The van der Waals surface area contributed by atoms with Crippen LogP contribution in [0.5, 0.6) is 5.88 Å². The first-order valence-corrected chi connectivity index (χ1v) is 7.34. The summed E-state index contributed by atoms with van der Waals surface area (Å²) < 4.78 is 5.84. The molecule has 0 bridgehead atoms. The zero-order valence-corrected chi connectivity index (χ0v) is 12.4. The summed E-state index contributed by atoms with van der Waals surface area (Å²) in [7, 11) is 0. The number of carbonyl (C=O) groups is 1. The van der Waals surface area contributed by atoms with Crippen molar-refractivity contribution in [2.45, 2.75) is 18.9 Å². The van der Waals surface area contributed by atoms with Gasteiger partial charge in [0, 0.05) is 50.1 Å². The first kappa shape index (κ1) is 15.0. The number of nitrogens with zero attached hydrogens (tertiary/aromatic N) is 4. The lowest BCUT2D eigenvalue weighted by Crippen LogP contribution is -2.41. The largest absolute Gasteiger partial charge is 0.474 e. The van der Waals surface area contributed by atoms with Crippen LogP contribution in [0.2, 0.25) is 0 Å². The van der Waals surface area contributed by atoms with Crippen molar-refractivity contribution in [3.05, 3.63) is 36.9 Å². The Bertz CT molecular complexity index is 659. The summed E-state index contributed by atoms with van der Waals surface area (Å²) in [6.07, 6.45) is 5.22. The van der Waals surface area contributed by atoms with Crippen molar-refractivity contribution < 1.29 is 14.6 Å². The summed E-state index contributed by atoms with van der Waals surface area (Å²) >= 11 is 0. The molecule has 3 rings (SSSR count). The van der Waals surface area contributed by atoms with E-state index >= 15 is 0 Å². The third-order valence-corrected chi connectivity index (χ3v) is 3.59. The van der Waals surface area contributed by atoms with E-state index in [1.54, 1.807) is 18.5 Å². The molecular formula is C15H17N5O3. The van der Waals surface area contributed by atoms with Crippen molar-refractivity contribution in [1.29, 1.82) is 0 Å². The molecule has 1 aliphatic heterocycles. The predicted molar refractivity (Wildman–Crippen MR) is 82.8 cm³/mol. The van der Waals surface area contributed by atoms with E-state index in [0.29, 0.717) is 37.6 Å². The number of hydrogen-bond acceptors (Lipinski definition) is 6. The molecule has 1 fully saturated rings. The van der Waals surface area contributed by atoms with Crippen LogP contribution in [0.15, 0.2) is 36.9 Å². The minimum absolute atomic E-state index is 0.0331. The highest BCUT2D eigenvalue weighted by Gasteiger charge is 2.23. The van der Waals surface area contributed by atoms with Crippen LogP contribution in [0.25, 0.3) is 0 Å². The Morgan fingerprint density at radius 1 is 1.26 bits per heavy atom. The van der Waals surface area contributed by atoms with Gasteiger partial charge >= 0.3 is 6.09 Å². The highest BCUT2D eigenvalue weighted by Crippen LogP contribution is 2.20. The minimum atomic E-state index is -0.880. The topological polar surface area (TPSA) is 100 Å². The Balaban J connectivity index is 1.59. The molecule has 0 spiro atoms. The second-order valence-electron chi connectivity index (χ2n) is 5.19. The Morgan fingerprint density at radius 2 is 2.00 bits per heavy atom. The lowest BCUT2D eigenvalue weighted by atomic mass is 10.1.